The Hall–Kier alpha value is -2.45. The van der Waals surface area contributed by atoms with Gasteiger partial charge in [-0.2, -0.15) is 0 Å². The van der Waals surface area contributed by atoms with Crippen molar-refractivity contribution >= 4 is 17.8 Å². The van der Waals surface area contributed by atoms with E-state index in [0.29, 0.717) is 45.8 Å². The first-order chi connectivity index (χ1) is 13.0. The van der Waals surface area contributed by atoms with Gasteiger partial charge in [-0.1, -0.05) is 30.3 Å². The van der Waals surface area contributed by atoms with Gasteiger partial charge in [0.15, 0.2) is 0 Å². The maximum atomic E-state index is 12.8. The summed E-state index contributed by atoms with van der Waals surface area (Å²) in [7, 11) is 0. The first-order valence-corrected chi connectivity index (χ1v) is 9.41. The van der Waals surface area contributed by atoms with E-state index in [-0.39, 0.29) is 11.8 Å². The van der Waals surface area contributed by atoms with E-state index in [9.17, 15) is 14.4 Å². The van der Waals surface area contributed by atoms with E-state index in [1.165, 1.54) is 0 Å². The first-order valence-electron chi connectivity index (χ1n) is 9.41. The van der Waals surface area contributed by atoms with Gasteiger partial charge in [0, 0.05) is 39.3 Å². The lowest BCUT2D eigenvalue weighted by Gasteiger charge is -2.38. The van der Waals surface area contributed by atoms with Crippen molar-refractivity contribution in [1.82, 2.24) is 25.8 Å². The normalized spacial score (nSPS) is 16.4. The zero-order valence-electron chi connectivity index (χ0n) is 16.0. The van der Waals surface area contributed by atoms with Crippen molar-refractivity contribution in [2.24, 2.45) is 0 Å². The second kappa shape index (κ2) is 10.6. The van der Waals surface area contributed by atoms with Crippen molar-refractivity contribution in [3.8, 4) is 0 Å². The maximum absolute atomic E-state index is 12.8. The van der Waals surface area contributed by atoms with Crippen LogP contribution in [0.2, 0.25) is 0 Å². The third-order valence-electron chi connectivity index (χ3n) is 4.45. The third kappa shape index (κ3) is 6.33. The minimum Gasteiger partial charge on any atom is -0.355 e. The highest BCUT2D eigenvalue weighted by atomic mass is 16.2. The molecule has 8 nitrogen and oxygen atoms in total. The molecule has 0 radical (unpaired) electrons. The summed E-state index contributed by atoms with van der Waals surface area (Å²) in [6, 6.07) is 8.41. The fourth-order valence-corrected chi connectivity index (χ4v) is 3.18. The summed E-state index contributed by atoms with van der Waals surface area (Å²) in [4.78, 5) is 40.5. The molecule has 1 aliphatic heterocycles. The summed E-state index contributed by atoms with van der Waals surface area (Å²) >= 11 is 0. The number of piperazine rings is 1. The average molecular weight is 375 g/mol. The van der Waals surface area contributed by atoms with Crippen molar-refractivity contribution in [3.05, 3.63) is 35.9 Å². The molecule has 1 aliphatic rings. The largest absolute Gasteiger partial charge is 0.355 e. The van der Waals surface area contributed by atoms with Gasteiger partial charge in [-0.25, -0.2) is 4.79 Å². The second-order valence-electron chi connectivity index (χ2n) is 6.43. The topological polar surface area (TPSA) is 93.8 Å². The van der Waals surface area contributed by atoms with Crippen LogP contribution in [0.5, 0.6) is 0 Å². The number of rotatable bonds is 7. The molecule has 0 aliphatic carbocycles. The smallest absolute Gasteiger partial charge is 0.321 e. The van der Waals surface area contributed by atoms with Gasteiger partial charge in [-0.15, -0.1) is 0 Å². The van der Waals surface area contributed by atoms with Gasteiger partial charge in [0.1, 0.15) is 6.04 Å². The summed E-state index contributed by atoms with van der Waals surface area (Å²) in [6.07, 6.45) is 0. The molecule has 8 heteroatoms. The molecule has 0 saturated carbocycles. The van der Waals surface area contributed by atoms with Crippen LogP contribution in [0.1, 0.15) is 25.5 Å². The molecule has 2 rings (SSSR count). The SMILES string of the molecule is CCNC(=O)CN1CCN(C(C(=O)NC(=O)NCC)c2ccccc2)CC1. The van der Waals surface area contributed by atoms with Crippen molar-refractivity contribution < 1.29 is 14.4 Å². The fourth-order valence-electron chi connectivity index (χ4n) is 3.18. The van der Waals surface area contributed by atoms with Gasteiger partial charge >= 0.3 is 6.03 Å². The van der Waals surface area contributed by atoms with Crippen LogP contribution in [-0.2, 0) is 9.59 Å². The lowest BCUT2D eigenvalue weighted by Crippen LogP contribution is -2.53. The molecule has 1 unspecified atom stereocenters. The van der Waals surface area contributed by atoms with E-state index < -0.39 is 12.1 Å². The van der Waals surface area contributed by atoms with Gasteiger partial charge in [0.25, 0.3) is 0 Å². The van der Waals surface area contributed by atoms with Gasteiger partial charge < -0.3 is 10.6 Å². The fraction of sp³-hybridized carbons (Fsp3) is 0.526. The molecular weight excluding hydrogens is 346 g/mol. The van der Waals surface area contributed by atoms with Crippen LogP contribution in [0.4, 0.5) is 4.79 Å². The minimum absolute atomic E-state index is 0.0135. The molecule has 4 amide bonds. The van der Waals surface area contributed by atoms with Gasteiger partial charge in [0.05, 0.1) is 6.54 Å². The number of likely N-dealkylation sites (N-methyl/N-ethyl adjacent to an activating group) is 1. The third-order valence-corrected chi connectivity index (χ3v) is 4.45. The second-order valence-corrected chi connectivity index (χ2v) is 6.43. The molecule has 0 aromatic heterocycles. The lowest BCUT2D eigenvalue weighted by molar-refractivity contribution is -0.127. The number of amides is 4. The van der Waals surface area contributed by atoms with E-state index >= 15 is 0 Å². The monoisotopic (exact) mass is 375 g/mol. The molecular formula is C19H29N5O3. The highest BCUT2D eigenvalue weighted by molar-refractivity contribution is 5.97. The quantitative estimate of drug-likeness (QED) is 0.638. The maximum Gasteiger partial charge on any atom is 0.321 e. The Morgan fingerprint density at radius 1 is 0.963 bits per heavy atom. The molecule has 148 valence electrons. The van der Waals surface area contributed by atoms with E-state index in [4.69, 9.17) is 0 Å². The van der Waals surface area contributed by atoms with Crippen molar-refractivity contribution in [2.45, 2.75) is 19.9 Å². The zero-order chi connectivity index (χ0) is 19.6. The van der Waals surface area contributed by atoms with E-state index in [0.717, 1.165) is 5.56 Å². The molecule has 1 heterocycles. The Morgan fingerprint density at radius 3 is 2.19 bits per heavy atom. The number of hydrogen-bond donors (Lipinski definition) is 3. The summed E-state index contributed by atoms with van der Waals surface area (Å²) in [5.41, 5.74) is 0.844. The van der Waals surface area contributed by atoms with Crippen LogP contribution in [-0.4, -0.2) is 73.5 Å². The minimum atomic E-state index is -0.541. The van der Waals surface area contributed by atoms with E-state index in [2.05, 4.69) is 25.8 Å². The van der Waals surface area contributed by atoms with E-state index in [1.54, 1.807) is 6.92 Å². The molecule has 1 fully saturated rings. The Labute approximate surface area is 160 Å². The summed E-state index contributed by atoms with van der Waals surface area (Å²) < 4.78 is 0. The summed E-state index contributed by atoms with van der Waals surface area (Å²) in [5.74, 6) is -0.330. The molecule has 1 saturated heterocycles. The van der Waals surface area contributed by atoms with Crippen LogP contribution in [0.3, 0.4) is 0 Å². The Kier molecular flexibility index (Phi) is 8.22. The van der Waals surface area contributed by atoms with Crippen molar-refractivity contribution in [1.29, 1.82) is 0 Å². The molecule has 1 aromatic carbocycles. The zero-order valence-corrected chi connectivity index (χ0v) is 16.0. The highest BCUT2D eigenvalue weighted by Crippen LogP contribution is 2.22. The number of benzene rings is 1. The van der Waals surface area contributed by atoms with Crippen LogP contribution in [0.25, 0.3) is 0 Å². The number of hydrogen-bond acceptors (Lipinski definition) is 5. The molecule has 27 heavy (non-hydrogen) atoms. The Bertz CT molecular complexity index is 629. The van der Waals surface area contributed by atoms with Crippen molar-refractivity contribution in [3.63, 3.8) is 0 Å². The van der Waals surface area contributed by atoms with Gasteiger partial charge in [-0.3, -0.25) is 24.7 Å². The standard InChI is InChI=1S/C19H29N5O3/c1-3-20-16(25)14-23-10-12-24(13-11-23)17(15-8-6-5-7-9-15)18(26)22-19(27)21-4-2/h5-9,17H,3-4,10-14H2,1-2H3,(H,20,25)(H2,21,22,26,27). The lowest BCUT2D eigenvalue weighted by atomic mass is 10.0. The van der Waals surface area contributed by atoms with Gasteiger partial charge in [0.2, 0.25) is 11.8 Å². The molecule has 0 bridgehead atoms. The molecule has 1 aromatic rings. The van der Waals surface area contributed by atoms with Crippen LogP contribution in [0.15, 0.2) is 30.3 Å². The first kappa shape index (κ1) is 20.9. The van der Waals surface area contributed by atoms with Crippen LogP contribution >= 0.6 is 0 Å². The summed E-state index contributed by atoms with van der Waals surface area (Å²) in [6.45, 7) is 7.79. The molecule has 0 spiro atoms. The summed E-state index contributed by atoms with van der Waals surface area (Å²) in [5, 5.41) is 7.81. The Morgan fingerprint density at radius 2 is 1.59 bits per heavy atom. The Balaban J connectivity index is 2.03. The van der Waals surface area contributed by atoms with Crippen LogP contribution in [0, 0.1) is 0 Å². The van der Waals surface area contributed by atoms with Gasteiger partial charge in [-0.05, 0) is 19.4 Å². The predicted octanol–water partition coefficient (Wildman–Crippen LogP) is 0.327. The van der Waals surface area contributed by atoms with Crippen molar-refractivity contribution in [2.75, 3.05) is 45.8 Å². The number of nitrogens with one attached hydrogen (secondary N) is 3. The number of carbonyl (C=O) groups is 3. The molecule has 3 N–H and O–H groups in total. The number of nitrogens with zero attached hydrogens (tertiary/aromatic N) is 2. The van der Waals surface area contributed by atoms with Crippen LogP contribution < -0.4 is 16.0 Å². The number of imide groups is 1. The predicted molar refractivity (Wildman–Crippen MR) is 103 cm³/mol. The molecule has 1 atom stereocenters. The number of carbonyl (C=O) groups excluding carboxylic acids is 3. The number of urea groups is 1. The highest BCUT2D eigenvalue weighted by Gasteiger charge is 2.31. The average Bonchev–Trinajstić information content (AvgIpc) is 2.64. The van der Waals surface area contributed by atoms with E-state index in [1.807, 2.05) is 37.3 Å².